The van der Waals surface area contributed by atoms with Crippen molar-refractivity contribution in [2.24, 2.45) is 0 Å². The summed E-state index contributed by atoms with van der Waals surface area (Å²) < 4.78 is 5.55. The first-order chi connectivity index (χ1) is 17.6. The average Bonchev–Trinajstić information content (AvgIpc) is 3.42. The lowest BCUT2D eigenvalue weighted by atomic mass is 10.0. The third-order valence-corrected chi connectivity index (χ3v) is 6.31. The Bertz CT molecular complexity index is 1220. The first kappa shape index (κ1) is 25.5. The summed E-state index contributed by atoms with van der Waals surface area (Å²) in [5.74, 6) is 0.670. The first-order valence-corrected chi connectivity index (χ1v) is 13.0. The Kier molecular flexibility index (Phi) is 9.13. The minimum atomic E-state index is -0.184. The summed E-state index contributed by atoms with van der Waals surface area (Å²) >= 11 is 1.39. The minimum Gasteiger partial charge on any atom is -0.372 e. The molecule has 0 atom stereocenters. The maximum absolute atomic E-state index is 11.9. The molecular weight excluding hydrogens is 470 g/mol. The number of amides is 1. The summed E-state index contributed by atoms with van der Waals surface area (Å²) in [5.41, 5.74) is 3.83. The number of rotatable bonds is 12. The molecule has 1 N–H and O–H groups in total. The molecule has 0 aliphatic carbocycles. The molecule has 2 heterocycles. The average molecular weight is 502 g/mol. The third-order valence-electron chi connectivity index (χ3n) is 5.62. The summed E-state index contributed by atoms with van der Waals surface area (Å²) in [6.45, 7) is 5.69. The maximum atomic E-state index is 11.9. The molecule has 36 heavy (non-hydrogen) atoms. The number of anilines is 2. The lowest BCUT2D eigenvalue weighted by molar-refractivity contribution is -0.120. The monoisotopic (exact) mass is 501 g/mol. The van der Waals surface area contributed by atoms with Gasteiger partial charge in [-0.15, -0.1) is 11.3 Å². The van der Waals surface area contributed by atoms with Crippen molar-refractivity contribution in [2.75, 3.05) is 30.0 Å². The van der Waals surface area contributed by atoms with Gasteiger partial charge in [-0.25, -0.2) is 9.97 Å². The highest BCUT2D eigenvalue weighted by atomic mass is 32.1. The van der Waals surface area contributed by atoms with Crippen molar-refractivity contribution in [1.29, 1.82) is 0 Å². The van der Waals surface area contributed by atoms with Gasteiger partial charge in [0.15, 0.2) is 5.13 Å². The van der Waals surface area contributed by atoms with Gasteiger partial charge >= 0.3 is 0 Å². The smallest absolute Gasteiger partial charge is 0.252 e. The molecule has 0 aliphatic rings. The number of nitrogens with one attached hydrogen (secondary N) is 1. The van der Waals surface area contributed by atoms with Crippen LogP contribution in [0.2, 0.25) is 0 Å². The largest absolute Gasteiger partial charge is 0.372 e. The first-order valence-electron chi connectivity index (χ1n) is 12.1. The van der Waals surface area contributed by atoms with Gasteiger partial charge in [-0.3, -0.25) is 15.1 Å². The van der Waals surface area contributed by atoms with Gasteiger partial charge in [0, 0.05) is 41.9 Å². The van der Waals surface area contributed by atoms with E-state index in [1.54, 1.807) is 6.20 Å². The van der Waals surface area contributed by atoms with Crippen LogP contribution in [-0.2, 0) is 9.53 Å². The molecular formula is C28H31N5O2S. The zero-order valence-corrected chi connectivity index (χ0v) is 21.4. The highest BCUT2D eigenvalue weighted by Crippen LogP contribution is 2.31. The van der Waals surface area contributed by atoms with Crippen LogP contribution in [0.4, 0.5) is 10.9 Å². The summed E-state index contributed by atoms with van der Waals surface area (Å²) in [6.07, 6.45) is 5.28. The molecule has 2 aromatic heterocycles. The number of aromatic nitrogens is 3. The molecule has 186 valence electrons. The summed E-state index contributed by atoms with van der Waals surface area (Å²) in [4.78, 5) is 28.2. The van der Waals surface area contributed by atoms with E-state index in [9.17, 15) is 4.79 Å². The molecule has 2 aromatic carbocycles. The Morgan fingerprint density at radius 2 is 1.67 bits per heavy atom. The second-order valence-electron chi connectivity index (χ2n) is 8.59. The van der Waals surface area contributed by atoms with E-state index in [0.29, 0.717) is 11.7 Å². The van der Waals surface area contributed by atoms with Crippen molar-refractivity contribution < 1.29 is 9.53 Å². The topological polar surface area (TPSA) is 80.2 Å². The number of hydrogen-bond acceptors (Lipinski definition) is 7. The van der Waals surface area contributed by atoms with E-state index < -0.39 is 0 Å². The van der Waals surface area contributed by atoms with Crippen LogP contribution in [0.15, 0.2) is 78.4 Å². The second kappa shape index (κ2) is 12.9. The van der Waals surface area contributed by atoms with E-state index in [4.69, 9.17) is 14.7 Å². The Labute approximate surface area is 216 Å². The normalized spacial score (nSPS) is 11.0. The third kappa shape index (κ3) is 6.96. The standard InChI is InChI=1S/C28H31N5O2S/c1-21(2)33(16-9-10-17-35-20-25(34)32-28-29-15-18-36-28)24-19-30-26(22-11-5-3-6-12-22)27(31-24)23-13-7-4-8-14-23/h3-8,11-15,18-19,21H,9-10,16-17,20H2,1-2H3,(H,29,32,34). The van der Waals surface area contributed by atoms with Crippen molar-refractivity contribution >= 4 is 28.2 Å². The van der Waals surface area contributed by atoms with Crippen LogP contribution in [0.5, 0.6) is 0 Å². The lowest BCUT2D eigenvalue weighted by Crippen LogP contribution is -2.33. The van der Waals surface area contributed by atoms with Crippen LogP contribution >= 0.6 is 11.3 Å². The van der Waals surface area contributed by atoms with E-state index in [-0.39, 0.29) is 18.6 Å². The van der Waals surface area contributed by atoms with Crippen molar-refractivity contribution in [3.63, 3.8) is 0 Å². The number of nitrogens with zero attached hydrogens (tertiary/aromatic N) is 4. The van der Waals surface area contributed by atoms with Crippen molar-refractivity contribution in [2.45, 2.75) is 32.7 Å². The van der Waals surface area contributed by atoms with Crippen LogP contribution in [-0.4, -0.2) is 46.7 Å². The molecule has 1 amide bonds. The minimum absolute atomic E-state index is 0.0281. The zero-order valence-electron chi connectivity index (χ0n) is 20.6. The van der Waals surface area contributed by atoms with Crippen molar-refractivity contribution in [1.82, 2.24) is 15.0 Å². The predicted molar refractivity (Wildman–Crippen MR) is 146 cm³/mol. The Morgan fingerprint density at radius 1 is 0.972 bits per heavy atom. The number of benzene rings is 2. The SMILES string of the molecule is CC(C)N(CCCCOCC(=O)Nc1nccs1)c1cnc(-c2ccccc2)c(-c2ccccc2)n1. The Balaban J connectivity index is 1.38. The van der Waals surface area contributed by atoms with Crippen LogP contribution in [0.1, 0.15) is 26.7 Å². The predicted octanol–water partition coefficient (Wildman–Crippen LogP) is 5.92. The van der Waals surface area contributed by atoms with Crippen LogP contribution in [0.25, 0.3) is 22.5 Å². The van der Waals surface area contributed by atoms with Gasteiger partial charge in [-0.1, -0.05) is 60.7 Å². The molecule has 4 rings (SSSR count). The maximum Gasteiger partial charge on any atom is 0.252 e. The van der Waals surface area contributed by atoms with Gasteiger partial charge in [0.25, 0.3) is 5.91 Å². The van der Waals surface area contributed by atoms with Gasteiger partial charge in [-0.2, -0.15) is 0 Å². The van der Waals surface area contributed by atoms with Crippen molar-refractivity contribution in [3.8, 4) is 22.5 Å². The summed E-state index contributed by atoms with van der Waals surface area (Å²) in [5, 5.41) is 5.13. The molecule has 7 nitrogen and oxygen atoms in total. The Morgan fingerprint density at radius 3 is 2.31 bits per heavy atom. The highest BCUT2D eigenvalue weighted by molar-refractivity contribution is 7.13. The fraction of sp³-hybridized carbons (Fsp3) is 0.286. The quantitative estimate of drug-likeness (QED) is 0.243. The van der Waals surface area contributed by atoms with Gasteiger partial charge in [0.05, 0.1) is 17.6 Å². The number of unbranched alkanes of at least 4 members (excludes halogenated alkanes) is 1. The molecule has 0 fully saturated rings. The number of carbonyl (C=O) groups excluding carboxylic acids is 1. The molecule has 0 unspecified atom stereocenters. The van der Waals surface area contributed by atoms with Crippen LogP contribution in [0, 0.1) is 0 Å². The molecule has 0 aliphatic heterocycles. The molecule has 0 bridgehead atoms. The van der Waals surface area contributed by atoms with Crippen molar-refractivity contribution in [3.05, 3.63) is 78.4 Å². The number of carbonyl (C=O) groups is 1. The van der Waals surface area contributed by atoms with E-state index >= 15 is 0 Å². The fourth-order valence-corrected chi connectivity index (χ4v) is 4.40. The van der Waals surface area contributed by atoms with Gasteiger partial charge in [0.2, 0.25) is 0 Å². The van der Waals surface area contributed by atoms with Crippen LogP contribution in [0.3, 0.4) is 0 Å². The van der Waals surface area contributed by atoms with E-state index in [0.717, 1.165) is 47.7 Å². The fourth-order valence-electron chi connectivity index (χ4n) is 3.85. The van der Waals surface area contributed by atoms with Gasteiger partial charge < -0.3 is 9.64 Å². The Hall–Kier alpha value is -3.62. The highest BCUT2D eigenvalue weighted by Gasteiger charge is 2.17. The molecule has 0 saturated carbocycles. The molecule has 4 aromatic rings. The van der Waals surface area contributed by atoms with E-state index in [1.807, 2.05) is 48.0 Å². The summed E-state index contributed by atoms with van der Waals surface area (Å²) in [6, 6.07) is 20.6. The molecule has 0 saturated heterocycles. The molecule has 0 spiro atoms. The zero-order chi connectivity index (χ0) is 25.2. The lowest BCUT2D eigenvalue weighted by Gasteiger charge is -2.28. The van der Waals surface area contributed by atoms with Gasteiger partial charge in [-0.05, 0) is 26.7 Å². The second-order valence-corrected chi connectivity index (χ2v) is 9.48. The van der Waals surface area contributed by atoms with Gasteiger partial charge in [0.1, 0.15) is 12.4 Å². The van der Waals surface area contributed by atoms with E-state index in [1.165, 1.54) is 11.3 Å². The van der Waals surface area contributed by atoms with E-state index in [2.05, 4.69) is 53.3 Å². The molecule has 0 radical (unpaired) electrons. The summed E-state index contributed by atoms with van der Waals surface area (Å²) in [7, 11) is 0. The number of ether oxygens (including phenoxy) is 1. The number of hydrogen-bond donors (Lipinski definition) is 1. The van der Waals surface area contributed by atoms with Crippen LogP contribution < -0.4 is 10.2 Å². The number of thiazole rings is 1. The molecule has 8 heteroatoms.